The van der Waals surface area contributed by atoms with Crippen molar-refractivity contribution in [1.82, 2.24) is 5.06 Å². The Morgan fingerprint density at radius 2 is 1.41 bits per heavy atom. The summed E-state index contributed by atoms with van der Waals surface area (Å²) < 4.78 is 10.4. The molecule has 0 aromatic rings. The van der Waals surface area contributed by atoms with Gasteiger partial charge in [-0.15, -0.1) is 5.06 Å². The number of aliphatic hydroxyl groups excluding tert-OH is 1. The molecule has 8 nitrogen and oxygen atoms in total. The number of amides is 1. The zero-order valence-electron chi connectivity index (χ0n) is 19.8. The maximum absolute atomic E-state index is 12.4. The third-order valence-electron chi connectivity index (χ3n) is 4.60. The Bertz CT molecular complexity index is 545. The molecule has 0 aromatic carbocycles. The normalized spacial score (nSPS) is 14.2. The van der Waals surface area contributed by atoms with E-state index in [1.54, 1.807) is 41.5 Å². The van der Waals surface area contributed by atoms with Crippen LogP contribution in [0.3, 0.4) is 0 Å². The summed E-state index contributed by atoms with van der Waals surface area (Å²) in [6.45, 7) is 17.8. The summed E-state index contributed by atoms with van der Waals surface area (Å²) in [4.78, 5) is 39.8. The lowest BCUT2D eigenvalue weighted by Gasteiger charge is -2.35. The molecule has 172 valence electrons. The SMILES string of the molecule is CC(C)(C)OC(=O)ON(CCC(O)CCC(C)(C)[Si](C)(C)O)C(=O)OC(C)(C)C. The van der Waals surface area contributed by atoms with Crippen LogP contribution < -0.4 is 0 Å². The number of hydrogen-bond donors (Lipinski definition) is 2. The zero-order valence-corrected chi connectivity index (χ0v) is 20.8. The molecule has 0 rings (SSSR count). The molecular formula is C20H41NO7Si. The van der Waals surface area contributed by atoms with Crippen LogP contribution in [0.2, 0.25) is 18.1 Å². The molecule has 0 aliphatic heterocycles. The van der Waals surface area contributed by atoms with Crippen molar-refractivity contribution in [3.05, 3.63) is 0 Å². The van der Waals surface area contributed by atoms with Crippen LogP contribution in [0.15, 0.2) is 0 Å². The molecule has 1 amide bonds. The fraction of sp³-hybridized carbons (Fsp3) is 0.900. The molecule has 0 aliphatic carbocycles. The highest BCUT2D eigenvalue weighted by atomic mass is 28.4. The molecule has 29 heavy (non-hydrogen) atoms. The Morgan fingerprint density at radius 3 is 1.83 bits per heavy atom. The first-order chi connectivity index (χ1) is 12.7. The fourth-order valence-corrected chi connectivity index (χ4v) is 2.85. The van der Waals surface area contributed by atoms with Crippen LogP contribution in [0.25, 0.3) is 0 Å². The standard InChI is InChI=1S/C20H41NO7Si/c1-18(2,3)26-16(23)21(28-17(24)27-19(4,5)6)14-12-15(22)11-13-20(7,8)29(9,10)25/h15,22,25H,11-14H2,1-10H3. The topological polar surface area (TPSA) is 106 Å². The van der Waals surface area contributed by atoms with E-state index < -0.39 is 37.9 Å². The number of rotatable bonds is 7. The lowest BCUT2D eigenvalue weighted by molar-refractivity contribution is -0.138. The van der Waals surface area contributed by atoms with Crippen LogP contribution in [-0.2, 0) is 14.3 Å². The number of nitrogens with zero attached hydrogens (tertiary/aromatic N) is 1. The molecule has 1 unspecified atom stereocenters. The summed E-state index contributed by atoms with van der Waals surface area (Å²) >= 11 is 0. The highest BCUT2D eigenvalue weighted by Crippen LogP contribution is 2.40. The second kappa shape index (κ2) is 10.1. The minimum absolute atomic E-state index is 0.0459. The molecule has 0 bridgehead atoms. The zero-order chi connectivity index (χ0) is 23.3. The average Bonchev–Trinajstić information content (AvgIpc) is 2.44. The minimum atomic E-state index is -2.37. The van der Waals surface area contributed by atoms with Gasteiger partial charge in [-0.3, -0.25) is 0 Å². The third-order valence-corrected chi connectivity index (χ3v) is 8.16. The van der Waals surface area contributed by atoms with Crippen LogP contribution in [-0.4, -0.2) is 59.4 Å². The second-order valence-corrected chi connectivity index (χ2v) is 15.0. The van der Waals surface area contributed by atoms with E-state index in [-0.39, 0.29) is 18.0 Å². The summed E-state index contributed by atoms with van der Waals surface area (Å²) in [6, 6.07) is 0. The number of ether oxygens (including phenoxy) is 2. The van der Waals surface area contributed by atoms with Gasteiger partial charge in [0, 0.05) is 0 Å². The van der Waals surface area contributed by atoms with Gasteiger partial charge in [-0.1, -0.05) is 13.8 Å². The van der Waals surface area contributed by atoms with Crippen LogP contribution in [0.4, 0.5) is 9.59 Å². The van der Waals surface area contributed by atoms with Crippen molar-refractivity contribution in [2.75, 3.05) is 6.54 Å². The van der Waals surface area contributed by atoms with E-state index in [0.29, 0.717) is 12.8 Å². The summed E-state index contributed by atoms with van der Waals surface area (Å²) in [5, 5.41) is 10.9. The van der Waals surface area contributed by atoms with E-state index in [4.69, 9.17) is 14.3 Å². The molecule has 2 N–H and O–H groups in total. The Balaban J connectivity index is 4.94. The molecule has 0 saturated carbocycles. The van der Waals surface area contributed by atoms with Gasteiger partial charge in [0.25, 0.3) is 0 Å². The smallest absolute Gasteiger partial charge is 0.442 e. The average molecular weight is 436 g/mol. The van der Waals surface area contributed by atoms with Crippen molar-refractivity contribution in [2.45, 2.75) is 110 Å². The third kappa shape index (κ3) is 12.1. The number of carbonyl (C=O) groups excluding carboxylic acids is 2. The summed E-state index contributed by atoms with van der Waals surface area (Å²) in [6.07, 6.45) is -1.29. The van der Waals surface area contributed by atoms with Gasteiger partial charge >= 0.3 is 12.2 Å². The van der Waals surface area contributed by atoms with Gasteiger partial charge in [-0.25, -0.2) is 9.59 Å². The lowest BCUT2D eigenvalue weighted by atomic mass is 10.0. The van der Waals surface area contributed by atoms with Gasteiger partial charge < -0.3 is 24.2 Å². The Morgan fingerprint density at radius 1 is 0.931 bits per heavy atom. The quantitative estimate of drug-likeness (QED) is 0.342. The molecular weight excluding hydrogens is 394 g/mol. The van der Waals surface area contributed by atoms with Gasteiger partial charge in [0.15, 0.2) is 8.32 Å². The number of hydroxylamine groups is 2. The van der Waals surface area contributed by atoms with Crippen LogP contribution in [0, 0.1) is 0 Å². The first-order valence-corrected chi connectivity index (χ1v) is 13.0. The molecule has 0 spiro atoms. The maximum Gasteiger partial charge on any atom is 0.534 e. The first-order valence-electron chi connectivity index (χ1n) is 10.1. The maximum atomic E-state index is 12.4. The molecule has 9 heteroatoms. The first kappa shape index (κ1) is 27.7. The highest BCUT2D eigenvalue weighted by molar-refractivity contribution is 6.72. The van der Waals surface area contributed by atoms with Gasteiger partial charge in [0.05, 0.1) is 12.6 Å². The van der Waals surface area contributed by atoms with Crippen molar-refractivity contribution in [2.24, 2.45) is 0 Å². The largest absolute Gasteiger partial charge is 0.534 e. The van der Waals surface area contributed by atoms with Crippen LogP contribution in [0.5, 0.6) is 0 Å². The summed E-state index contributed by atoms with van der Waals surface area (Å²) in [7, 11) is -2.37. The summed E-state index contributed by atoms with van der Waals surface area (Å²) in [5.74, 6) is 0. The van der Waals surface area contributed by atoms with E-state index in [0.717, 1.165) is 5.06 Å². The summed E-state index contributed by atoms with van der Waals surface area (Å²) in [5.41, 5.74) is -1.55. The van der Waals surface area contributed by atoms with Gasteiger partial charge in [0.2, 0.25) is 0 Å². The van der Waals surface area contributed by atoms with E-state index >= 15 is 0 Å². The number of carbonyl (C=O) groups is 2. The predicted molar refractivity (Wildman–Crippen MR) is 114 cm³/mol. The predicted octanol–water partition coefficient (Wildman–Crippen LogP) is 4.60. The van der Waals surface area contributed by atoms with Crippen molar-refractivity contribution in [3.8, 4) is 0 Å². The molecule has 0 fully saturated rings. The van der Waals surface area contributed by atoms with Gasteiger partial charge in [-0.2, -0.15) is 0 Å². The molecule has 0 radical (unpaired) electrons. The van der Waals surface area contributed by atoms with Crippen LogP contribution in [0.1, 0.15) is 74.7 Å². The molecule has 1 atom stereocenters. The lowest BCUT2D eigenvalue weighted by Crippen LogP contribution is -2.41. The molecule has 0 heterocycles. The van der Waals surface area contributed by atoms with E-state index in [1.807, 2.05) is 26.9 Å². The van der Waals surface area contributed by atoms with Crippen molar-refractivity contribution in [1.29, 1.82) is 0 Å². The molecule has 0 saturated heterocycles. The van der Waals surface area contributed by atoms with E-state index in [1.165, 1.54) is 0 Å². The van der Waals surface area contributed by atoms with E-state index in [9.17, 15) is 19.5 Å². The number of hydrogen-bond acceptors (Lipinski definition) is 7. The Labute approximate surface area is 176 Å². The highest BCUT2D eigenvalue weighted by Gasteiger charge is 2.38. The van der Waals surface area contributed by atoms with Gasteiger partial charge in [-0.05, 0) is 78.9 Å². The van der Waals surface area contributed by atoms with Crippen molar-refractivity contribution < 1.29 is 33.8 Å². The number of aliphatic hydroxyl groups is 1. The van der Waals surface area contributed by atoms with Crippen molar-refractivity contribution in [3.63, 3.8) is 0 Å². The van der Waals surface area contributed by atoms with Crippen molar-refractivity contribution >= 4 is 20.6 Å². The Kier molecular flexibility index (Phi) is 9.66. The monoisotopic (exact) mass is 435 g/mol. The van der Waals surface area contributed by atoms with Crippen LogP contribution >= 0.6 is 0 Å². The molecule has 0 aromatic heterocycles. The second-order valence-electron chi connectivity index (χ2n) is 10.6. The minimum Gasteiger partial charge on any atom is -0.442 e. The molecule has 0 aliphatic rings. The Hall–Kier alpha value is -1.32. The fourth-order valence-electron chi connectivity index (χ4n) is 2.09. The van der Waals surface area contributed by atoms with Gasteiger partial charge in [0.1, 0.15) is 11.2 Å². The van der Waals surface area contributed by atoms with E-state index in [2.05, 4.69) is 0 Å².